The molecule has 3 heteroatoms. The van der Waals surface area contributed by atoms with Crippen molar-refractivity contribution in [2.45, 2.75) is 12.8 Å². The van der Waals surface area contributed by atoms with Gasteiger partial charge in [0.15, 0.2) is 11.5 Å². The molecule has 0 saturated carbocycles. The van der Waals surface area contributed by atoms with Crippen LogP contribution in [-0.4, -0.2) is 19.8 Å². The zero-order chi connectivity index (χ0) is 11.2. The Labute approximate surface area is 95.5 Å². The van der Waals surface area contributed by atoms with E-state index in [0.29, 0.717) is 26.2 Å². The summed E-state index contributed by atoms with van der Waals surface area (Å²) in [6.07, 6.45) is 1.64. The molecule has 1 aromatic rings. The van der Waals surface area contributed by atoms with Crippen LogP contribution in [-0.2, 0) is 0 Å². The van der Waals surface area contributed by atoms with E-state index in [0.717, 1.165) is 23.5 Å². The first-order valence-corrected chi connectivity index (χ1v) is 5.49. The fourth-order valence-corrected chi connectivity index (χ4v) is 1.48. The predicted octanol–water partition coefficient (Wildman–Crippen LogP) is 1.55. The van der Waals surface area contributed by atoms with Crippen LogP contribution in [0.25, 0.3) is 0 Å². The molecule has 0 spiro atoms. The maximum atomic E-state index is 5.58. The summed E-state index contributed by atoms with van der Waals surface area (Å²) in [5.41, 5.74) is 6.32. The second-order valence-corrected chi connectivity index (χ2v) is 3.55. The standard InChI is InChI=1S/C13H15NO2/c14-7-2-1-4-11-5-6-12-13(10-11)16-9-3-8-15-12/h5-6,10H,2-3,7-9,14H2. The highest BCUT2D eigenvalue weighted by molar-refractivity contribution is 5.48. The second kappa shape index (κ2) is 5.43. The predicted molar refractivity (Wildman–Crippen MR) is 62.6 cm³/mol. The minimum Gasteiger partial charge on any atom is -0.490 e. The molecule has 0 unspecified atom stereocenters. The number of benzene rings is 1. The number of hydrogen-bond acceptors (Lipinski definition) is 3. The van der Waals surface area contributed by atoms with Gasteiger partial charge >= 0.3 is 0 Å². The third-order valence-electron chi connectivity index (χ3n) is 2.25. The van der Waals surface area contributed by atoms with Gasteiger partial charge in [0.1, 0.15) is 0 Å². The van der Waals surface area contributed by atoms with E-state index >= 15 is 0 Å². The number of fused-ring (bicyclic) bond motifs is 1. The van der Waals surface area contributed by atoms with Crippen molar-refractivity contribution in [2.75, 3.05) is 19.8 Å². The lowest BCUT2D eigenvalue weighted by molar-refractivity contribution is 0.297. The number of hydrogen-bond donors (Lipinski definition) is 1. The molecule has 1 aromatic carbocycles. The topological polar surface area (TPSA) is 44.5 Å². The van der Waals surface area contributed by atoms with E-state index in [1.807, 2.05) is 18.2 Å². The van der Waals surface area contributed by atoms with Crippen molar-refractivity contribution in [3.63, 3.8) is 0 Å². The molecule has 0 atom stereocenters. The van der Waals surface area contributed by atoms with Crippen LogP contribution in [0.1, 0.15) is 18.4 Å². The molecule has 0 fully saturated rings. The molecule has 0 saturated heterocycles. The molecular formula is C13H15NO2. The summed E-state index contributed by atoms with van der Waals surface area (Å²) in [4.78, 5) is 0. The third kappa shape index (κ3) is 2.68. The first-order valence-electron chi connectivity index (χ1n) is 5.49. The molecule has 3 nitrogen and oxygen atoms in total. The van der Waals surface area contributed by atoms with Crippen molar-refractivity contribution in [3.8, 4) is 23.3 Å². The molecule has 2 rings (SSSR count). The van der Waals surface area contributed by atoms with Crippen molar-refractivity contribution in [1.82, 2.24) is 0 Å². The van der Waals surface area contributed by atoms with Gasteiger partial charge in [-0.3, -0.25) is 0 Å². The molecule has 1 aliphatic heterocycles. The summed E-state index contributed by atoms with van der Waals surface area (Å²) >= 11 is 0. The Kier molecular flexibility index (Phi) is 3.68. The Hall–Kier alpha value is -1.66. The minimum atomic E-state index is 0.595. The highest BCUT2D eigenvalue weighted by Crippen LogP contribution is 2.29. The van der Waals surface area contributed by atoms with Crippen LogP contribution in [0.4, 0.5) is 0 Å². The van der Waals surface area contributed by atoms with Gasteiger partial charge in [0.25, 0.3) is 0 Å². The number of nitrogens with two attached hydrogens (primary N) is 1. The molecule has 1 aliphatic rings. The van der Waals surface area contributed by atoms with Crippen LogP contribution in [0.5, 0.6) is 11.5 Å². The first-order chi connectivity index (χ1) is 7.90. The Bertz CT molecular complexity index is 418. The van der Waals surface area contributed by atoms with E-state index in [9.17, 15) is 0 Å². The van der Waals surface area contributed by atoms with Crippen molar-refractivity contribution in [3.05, 3.63) is 23.8 Å². The van der Waals surface area contributed by atoms with Gasteiger partial charge in [0.05, 0.1) is 13.2 Å². The average Bonchev–Trinajstić information content (AvgIpc) is 2.54. The average molecular weight is 217 g/mol. The zero-order valence-corrected chi connectivity index (χ0v) is 9.16. The molecule has 2 N–H and O–H groups in total. The van der Waals surface area contributed by atoms with Gasteiger partial charge in [0, 0.05) is 24.9 Å². The van der Waals surface area contributed by atoms with E-state index < -0.39 is 0 Å². The molecule has 0 aliphatic carbocycles. The minimum absolute atomic E-state index is 0.595. The molecule has 0 amide bonds. The van der Waals surface area contributed by atoms with Gasteiger partial charge in [-0.1, -0.05) is 11.8 Å². The van der Waals surface area contributed by atoms with Crippen LogP contribution in [0.2, 0.25) is 0 Å². The molecule has 0 aromatic heterocycles. The zero-order valence-electron chi connectivity index (χ0n) is 9.16. The lowest BCUT2D eigenvalue weighted by Crippen LogP contribution is -1.97. The van der Waals surface area contributed by atoms with Crippen molar-refractivity contribution < 1.29 is 9.47 Å². The quantitative estimate of drug-likeness (QED) is 0.726. The Morgan fingerprint density at radius 3 is 2.81 bits per heavy atom. The summed E-state index contributed by atoms with van der Waals surface area (Å²) in [6.45, 7) is 2.01. The Morgan fingerprint density at radius 1 is 1.19 bits per heavy atom. The van der Waals surface area contributed by atoms with Crippen LogP contribution in [0, 0.1) is 11.8 Å². The van der Waals surface area contributed by atoms with Gasteiger partial charge in [-0.05, 0) is 18.2 Å². The van der Waals surface area contributed by atoms with E-state index in [1.165, 1.54) is 0 Å². The van der Waals surface area contributed by atoms with Crippen molar-refractivity contribution in [1.29, 1.82) is 0 Å². The van der Waals surface area contributed by atoms with E-state index in [2.05, 4.69) is 11.8 Å². The molecular weight excluding hydrogens is 202 g/mol. The van der Waals surface area contributed by atoms with Gasteiger partial charge in [-0.2, -0.15) is 0 Å². The summed E-state index contributed by atoms with van der Waals surface area (Å²) in [7, 11) is 0. The van der Waals surface area contributed by atoms with Gasteiger partial charge in [0.2, 0.25) is 0 Å². The first kappa shape index (κ1) is 10.8. The van der Waals surface area contributed by atoms with Crippen LogP contribution < -0.4 is 15.2 Å². The number of ether oxygens (including phenoxy) is 2. The lowest BCUT2D eigenvalue weighted by Gasteiger charge is -2.06. The fourth-order valence-electron chi connectivity index (χ4n) is 1.48. The van der Waals surface area contributed by atoms with Gasteiger partial charge in [-0.25, -0.2) is 0 Å². The maximum absolute atomic E-state index is 5.58. The van der Waals surface area contributed by atoms with Gasteiger partial charge in [-0.15, -0.1) is 0 Å². The summed E-state index contributed by atoms with van der Waals surface area (Å²) in [5, 5.41) is 0. The van der Waals surface area contributed by atoms with E-state index in [4.69, 9.17) is 15.2 Å². The Balaban J connectivity index is 2.18. The molecule has 84 valence electrons. The van der Waals surface area contributed by atoms with Crippen LogP contribution in [0.15, 0.2) is 18.2 Å². The van der Waals surface area contributed by atoms with Gasteiger partial charge < -0.3 is 15.2 Å². The van der Waals surface area contributed by atoms with Crippen LogP contribution >= 0.6 is 0 Å². The monoisotopic (exact) mass is 217 g/mol. The van der Waals surface area contributed by atoms with Crippen molar-refractivity contribution in [2.24, 2.45) is 5.73 Å². The van der Waals surface area contributed by atoms with E-state index in [-0.39, 0.29) is 0 Å². The molecule has 0 radical (unpaired) electrons. The number of rotatable bonds is 1. The highest BCUT2D eigenvalue weighted by atomic mass is 16.5. The molecule has 0 bridgehead atoms. The maximum Gasteiger partial charge on any atom is 0.162 e. The molecule has 16 heavy (non-hydrogen) atoms. The smallest absolute Gasteiger partial charge is 0.162 e. The summed E-state index contributed by atoms with van der Waals surface area (Å²) < 4.78 is 11.1. The van der Waals surface area contributed by atoms with E-state index in [1.54, 1.807) is 0 Å². The second-order valence-electron chi connectivity index (χ2n) is 3.55. The fraction of sp³-hybridized carbons (Fsp3) is 0.385. The SMILES string of the molecule is NCCC#Cc1ccc2c(c1)OCCCO2. The lowest BCUT2D eigenvalue weighted by atomic mass is 10.2. The summed E-state index contributed by atoms with van der Waals surface area (Å²) in [5.74, 6) is 7.65. The van der Waals surface area contributed by atoms with Crippen LogP contribution in [0.3, 0.4) is 0 Å². The molecule has 1 heterocycles. The normalized spacial score (nSPS) is 13.6. The largest absolute Gasteiger partial charge is 0.490 e. The Morgan fingerprint density at radius 2 is 2.00 bits per heavy atom. The van der Waals surface area contributed by atoms with Crippen molar-refractivity contribution >= 4 is 0 Å². The summed E-state index contributed by atoms with van der Waals surface area (Å²) in [6, 6.07) is 5.77. The highest BCUT2D eigenvalue weighted by Gasteiger charge is 2.09. The third-order valence-corrected chi connectivity index (χ3v) is 2.25.